The van der Waals surface area contributed by atoms with Crippen molar-refractivity contribution in [3.8, 4) is 0 Å². The van der Waals surface area contributed by atoms with Crippen LogP contribution in [0.3, 0.4) is 0 Å². The number of hydrogen-bond acceptors (Lipinski definition) is 2. The Labute approximate surface area is 172 Å². The zero-order valence-electron chi connectivity index (χ0n) is 32.5. The molecule has 3 heterocycles. The van der Waals surface area contributed by atoms with Gasteiger partial charge in [0.25, 0.3) is 0 Å². The average Bonchev–Trinajstić information content (AvgIpc) is 3.21. The van der Waals surface area contributed by atoms with Crippen LogP contribution in [0, 0.1) is 13.8 Å². The standard InChI is InChI=1S/C21H25N3/c1-15-4-7-20-18(12-15)19-14-23(3)10-9-21(19)24(20)11-8-17-6-5-16(2)22-13-17/h4-7,12-13H,8-11,14H2,1-3H3/i1D3,3D3,4D,5D,6D,7D,9D2,10D2,11D2,12D,13D,14D2. The van der Waals surface area contributed by atoms with Gasteiger partial charge >= 0.3 is 0 Å². The normalized spacial score (nSPS) is 35.0. The number of aryl methyl sites for hydroxylation is 2. The molecule has 0 aliphatic carbocycles. The molecule has 0 N–H and O–H groups in total. The molecule has 1 aliphatic heterocycles. The highest BCUT2D eigenvalue weighted by atomic mass is 15.1. The summed E-state index contributed by atoms with van der Waals surface area (Å²) in [4.78, 5) is 3.39. The Balaban J connectivity index is 2.32. The zero-order chi connectivity index (χ0) is 34.1. The van der Waals surface area contributed by atoms with E-state index in [1.165, 1.54) is 6.92 Å². The van der Waals surface area contributed by atoms with Gasteiger partial charge in [-0.2, -0.15) is 0 Å². The monoisotopic (exact) mass is 339 g/mol. The van der Waals surface area contributed by atoms with Crippen LogP contribution in [0.25, 0.3) is 10.9 Å². The van der Waals surface area contributed by atoms with Crippen LogP contribution in [0.1, 0.15) is 55.5 Å². The molecule has 24 heavy (non-hydrogen) atoms. The molecular weight excluding hydrogens is 294 g/mol. The number of pyridine rings is 1. The minimum absolute atomic E-state index is 0.0288. The van der Waals surface area contributed by atoms with Crippen LogP contribution in [0.4, 0.5) is 0 Å². The van der Waals surface area contributed by atoms with Crippen molar-refractivity contribution in [1.29, 1.82) is 0 Å². The lowest BCUT2D eigenvalue weighted by Gasteiger charge is -2.24. The van der Waals surface area contributed by atoms with Crippen LogP contribution in [-0.4, -0.2) is 27.9 Å². The van der Waals surface area contributed by atoms with Crippen molar-refractivity contribution in [3.05, 3.63) is 64.5 Å². The van der Waals surface area contributed by atoms with E-state index in [0.717, 1.165) is 0 Å². The smallest absolute Gasteiger partial charge is 0.0843 e. The fourth-order valence-corrected chi connectivity index (χ4v) is 2.34. The molecule has 3 nitrogen and oxygen atoms in total. The van der Waals surface area contributed by atoms with Crippen molar-refractivity contribution in [3.63, 3.8) is 0 Å². The van der Waals surface area contributed by atoms with Crippen molar-refractivity contribution in [1.82, 2.24) is 14.5 Å². The lowest BCUT2D eigenvalue weighted by molar-refractivity contribution is 0.309. The van der Waals surface area contributed by atoms with Gasteiger partial charge in [-0.15, -0.1) is 0 Å². The molecule has 2 aromatic heterocycles. The Morgan fingerprint density at radius 2 is 2.33 bits per heavy atom. The molecular formula is C21H25N3. The van der Waals surface area contributed by atoms with Gasteiger partial charge in [-0.1, -0.05) is 17.6 Å². The molecule has 0 saturated heterocycles. The SMILES string of the molecule is [2H]c1nc(C)c([2H])c([2H])c1CC([2H])([2H])n1c2c(c3c([2H])c(C([2H])([2H])[2H])c([2H])c([2H])c31)C([2H])([2H])N(C([2H])([2H])[2H])C([2H])([2H])C2([2H])[2H]. The topological polar surface area (TPSA) is 21.1 Å². The van der Waals surface area contributed by atoms with Crippen LogP contribution in [-0.2, 0) is 25.8 Å². The summed E-state index contributed by atoms with van der Waals surface area (Å²) in [6.45, 7) is -16.1. The van der Waals surface area contributed by atoms with Gasteiger partial charge < -0.3 is 9.47 Å². The summed E-state index contributed by atoms with van der Waals surface area (Å²) >= 11 is 0. The van der Waals surface area contributed by atoms with Crippen LogP contribution in [0.15, 0.2) is 36.4 Å². The van der Waals surface area contributed by atoms with E-state index in [2.05, 4.69) is 4.98 Å². The molecule has 3 heteroatoms. The van der Waals surface area contributed by atoms with E-state index in [9.17, 15) is 0 Å². The average molecular weight is 340 g/mol. The van der Waals surface area contributed by atoms with Gasteiger partial charge in [0.1, 0.15) is 0 Å². The molecule has 0 unspecified atom stereocenters. The van der Waals surface area contributed by atoms with Crippen molar-refractivity contribution in [2.24, 2.45) is 0 Å². The quantitative estimate of drug-likeness (QED) is 0.722. The zero-order valence-corrected chi connectivity index (χ0v) is 12.5. The van der Waals surface area contributed by atoms with Crippen molar-refractivity contribution >= 4 is 10.9 Å². The Bertz CT molecular complexity index is 1700. The molecule has 0 bridgehead atoms. The van der Waals surface area contributed by atoms with Crippen LogP contribution < -0.4 is 0 Å². The first-order chi connectivity index (χ1) is 19.6. The predicted molar refractivity (Wildman–Crippen MR) is 99.4 cm³/mol. The second-order valence-corrected chi connectivity index (χ2v) is 5.09. The molecule has 0 radical (unpaired) electrons. The van der Waals surface area contributed by atoms with Crippen LogP contribution in [0.2, 0.25) is 0 Å². The first kappa shape index (κ1) is 4.73. The van der Waals surface area contributed by atoms with Gasteiger partial charge in [0.2, 0.25) is 0 Å². The molecule has 124 valence electrons. The van der Waals surface area contributed by atoms with Gasteiger partial charge in [-0.05, 0) is 56.4 Å². The molecule has 0 saturated carbocycles. The Morgan fingerprint density at radius 3 is 3.21 bits per heavy atom. The molecule has 0 spiro atoms. The highest BCUT2D eigenvalue weighted by Gasteiger charge is 2.22. The van der Waals surface area contributed by atoms with Gasteiger partial charge in [-0.25, -0.2) is 0 Å². The minimum Gasteiger partial charge on any atom is -0.344 e. The third-order valence-corrected chi connectivity index (χ3v) is 3.40. The number of rotatable bonds is 3. The summed E-state index contributed by atoms with van der Waals surface area (Å²) in [7, 11) is 0. The Kier molecular flexibility index (Phi) is 1.19. The highest BCUT2D eigenvalue weighted by Crippen LogP contribution is 2.31. The predicted octanol–water partition coefficient (Wildman–Crippen LogP) is 3.88. The Morgan fingerprint density at radius 1 is 1.38 bits per heavy atom. The second kappa shape index (κ2) is 6.06. The fourth-order valence-electron chi connectivity index (χ4n) is 2.34. The van der Waals surface area contributed by atoms with Gasteiger partial charge in [0, 0.05) is 70.8 Å². The maximum atomic E-state index is 9.00. The number of benzene rings is 1. The summed E-state index contributed by atoms with van der Waals surface area (Å²) < 4.78 is 168. The molecule has 1 aliphatic rings. The first-order valence-corrected chi connectivity index (χ1v) is 7.00. The van der Waals surface area contributed by atoms with E-state index >= 15 is 0 Å². The largest absolute Gasteiger partial charge is 0.344 e. The summed E-state index contributed by atoms with van der Waals surface area (Å²) in [5, 5.41) is -0.921. The van der Waals surface area contributed by atoms with Crippen molar-refractivity contribution in [2.45, 2.75) is 39.6 Å². The van der Waals surface area contributed by atoms with E-state index < -0.39 is 121 Å². The van der Waals surface area contributed by atoms with E-state index in [1.54, 1.807) is 0 Å². The van der Waals surface area contributed by atoms with E-state index in [1.807, 2.05) is 0 Å². The lowest BCUT2D eigenvalue weighted by atomic mass is 10.0. The summed E-state index contributed by atoms with van der Waals surface area (Å²) in [6, 6.07) is -4.45. The first-order valence-electron chi connectivity index (χ1n) is 17.0. The van der Waals surface area contributed by atoms with Crippen LogP contribution in [0.5, 0.6) is 0 Å². The van der Waals surface area contributed by atoms with E-state index in [4.69, 9.17) is 27.4 Å². The third-order valence-electron chi connectivity index (χ3n) is 3.40. The van der Waals surface area contributed by atoms with Crippen molar-refractivity contribution < 1.29 is 27.4 Å². The third kappa shape index (κ3) is 2.73. The van der Waals surface area contributed by atoms with Gasteiger partial charge in [0.05, 0.1) is 11.0 Å². The van der Waals surface area contributed by atoms with Crippen LogP contribution >= 0.6 is 0 Å². The maximum Gasteiger partial charge on any atom is 0.0843 e. The second-order valence-electron chi connectivity index (χ2n) is 5.09. The summed E-state index contributed by atoms with van der Waals surface area (Å²) in [5.41, 5.74) is -4.82. The Hall–Kier alpha value is -2.13. The lowest BCUT2D eigenvalue weighted by Crippen LogP contribution is -2.27. The molecule has 0 atom stereocenters. The van der Waals surface area contributed by atoms with Gasteiger partial charge in [-0.3, -0.25) is 4.98 Å². The molecule has 0 fully saturated rings. The summed E-state index contributed by atoms with van der Waals surface area (Å²) in [5.74, 6) is 0. The van der Waals surface area contributed by atoms with Crippen molar-refractivity contribution in [2.75, 3.05) is 13.5 Å². The summed E-state index contributed by atoms with van der Waals surface area (Å²) in [6.07, 6.45) is -5.35. The number of likely N-dealkylation sites (N-methyl/N-ethyl adjacent to an activating group) is 1. The van der Waals surface area contributed by atoms with E-state index in [-0.39, 0.29) is 10.3 Å². The minimum atomic E-state index is -3.76. The number of aromatic nitrogens is 2. The number of hydrogen-bond donors (Lipinski definition) is 0. The molecule has 0 amide bonds. The molecule has 4 rings (SSSR count). The highest BCUT2D eigenvalue weighted by molar-refractivity contribution is 5.86. The number of fused-ring (bicyclic) bond motifs is 3. The maximum absolute atomic E-state index is 9.00. The van der Waals surface area contributed by atoms with Gasteiger partial charge in [0.15, 0.2) is 0 Å². The fraction of sp³-hybridized carbons (Fsp3) is 0.381. The van der Waals surface area contributed by atoms with E-state index in [0.29, 0.717) is 0 Å². The molecule has 3 aromatic rings. The molecule has 1 aromatic carbocycles. The number of nitrogens with zero attached hydrogens (tertiary/aromatic N) is 3.